The molecule has 0 radical (unpaired) electrons. The predicted molar refractivity (Wildman–Crippen MR) is 83.9 cm³/mol. The van der Waals surface area contributed by atoms with Crippen molar-refractivity contribution >= 4 is 5.91 Å². The fourth-order valence-electron chi connectivity index (χ4n) is 2.32. The third-order valence-corrected chi connectivity index (χ3v) is 3.73. The van der Waals surface area contributed by atoms with Gasteiger partial charge in [0.15, 0.2) is 0 Å². The summed E-state index contributed by atoms with van der Waals surface area (Å²) >= 11 is 0. The molecular formula is C17H23N3O. The normalized spacial score (nSPS) is 11.4. The summed E-state index contributed by atoms with van der Waals surface area (Å²) in [6.45, 7) is 8.70. The molecule has 0 spiro atoms. The quantitative estimate of drug-likeness (QED) is 0.918. The van der Waals surface area contributed by atoms with Gasteiger partial charge in [-0.2, -0.15) is 0 Å². The van der Waals surface area contributed by atoms with Gasteiger partial charge in [0.05, 0.1) is 5.54 Å². The van der Waals surface area contributed by atoms with Gasteiger partial charge in [-0.15, -0.1) is 0 Å². The fraction of sp³-hybridized carbons (Fsp3) is 0.412. The first-order valence-electron chi connectivity index (χ1n) is 7.24. The van der Waals surface area contributed by atoms with Crippen LogP contribution in [-0.4, -0.2) is 15.5 Å². The van der Waals surface area contributed by atoms with Gasteiger partial charge in [0.1, 0.15) is 5.82 Å². The van der Waals surface area contributed by atoms with Crippen LogP contribution >= 0.6 is 0 Å². The second-order valence-corrected chi connectivity index (χ2v) is 5.96. The molecule has 112 valence electrons. The van der Waals surface area contributed by atoms with Crippen molar-refractivity contribution in [3.8, 4) is 0 Å². The molecule has 2 aromatic rings. The summed E-state index contributed by atoms with van der Waals surface area (Å²) in [5.41, 5.74) is 1.96. The molecule has 0 fully saturated rings. The highest BCUT2D eigenvalue weighted by Gasteiger charge is 2.22. The molecule has 0 aliphatic carbocycles. The van der Waals surface area contributed by atoms with Crippen molar-refractivity contribution in [2.45, 2.75) is 46.2 Å². The highest BCUT2D eigenvalue weighted by Crippen LogP contribution is 2.20. The van der Waals surface area contributed by atoms with Gasteiger partial charge in [0.25, 0.3) is 0 Å². The average Bonchev–Trinajstić information content (AvgIpc) is 2.82. The Morgan fingerprint density at radius 2 is 1.90 bits per heavy atom. The maximum atomic E-state index is 12.2. The van der Waals surface area contributed by atoms with E-state index < -0.39 is 0 Å². The lowest BCUT2D eigenvalue weighted by atomic mass is 9.93. The summed E-state index contributed by atoms with van der Waals surface area (Å²) in [5, 5.41) is 3.10. The molecule has 0 bridgehead atoms. The van der Waals surface area contributed by atoms with Crippen LogP contribution in [0, 0.1) is 13.8 Å². The third-order valence-electron chi connectivity index (χ3n) is 3.73. The number of hydrogen-bond donors (Lipinski definition) is 1. The Kier molecular flexibility index (Phi) is 4.46. The van der Waals surface area contributed by atoms with Crippen molar-refractivity contribution in [2.75, 3.05) is 0 Å². The number of nitrogens with zero attached hydrogens (tertiary/aromatic N) is 2. The maximum absolute atomic E-state index is 12.2. The minimum absolute atomic E-state index is 0.0497. The summed E-state index contributed by atoms with van der Waals surface area (Å²) in [6, 6.07) is 8.27. The third kappa shape index (κ3) is 3.94. The number of carbonyl (C=O) groups is 1. The van der Waals surface area contributed by atoms with Crippen molar-refractivity contribution in [1.29, 1.82) is 0 Å². The summed E-state index contributed by atoms with van der Waals surface area (Å²) in [7, 11) is 0. The Balaban J connectivity index is 1.94. The van der Waals surface area contributed by atoms with Crippen LogP contribution in [-0.2, 0) is 16.9 Å². The lowest BCUT2D eigenvalue weighted by molar-refractivity contribution is -0.123. The fourth-order valence-corrected chi connectivity index (χ4v) is 2.32. The molecule has 4 heteroatoms. The van der Waals surface area contributed by atoms with Gasteiger partial charge in [0.2, 0.25) is 5.91 Å². The zero-order valence-electron chi connectivity index (χ0n) is 13.2. The van der Waals surface area contributed by atoms with E-state index in [1.807, 2.05) is 31.5 Å². The van der Waals surface area contributed by atoms with E-state index >= 15 is 0 Å². The van der Waals surface area contributed by atoms with Crippen molar-refractivity contribution in [1.82, 2.24) is 14.9 Å². The molecule has 1 heterocycles. The Labute approximate surface area is 126 Å². The van der Waals surface area contributed by atoms with E-state index in [-0.39, 0.29) is 11.4 Å². The minimum Gasteiger partial charge on any atom is -0.347 e. The number of aromatic nitrogens is 2. The van der Waals surface area contributed by atoms with Crippen LogP contribution < -0.4 is 5.32 Å². The van der Waals surface area contributed by atoms with Crippen LogP contribution in [0.4, 0.5) is 0 Å². The first-order chi connectivity index (χ1) is 9.88. The van der Waals surface area contributed by atoms with Gasteiger partial charge in [-0.3, -0.25) is 4.79 Å². The predicted octanol–water partition coefficient (Wildman–Crippen LogP) is 2.94. The maximum Gasteiger partial charge on any atom is 0.222 e. The monoisotopic (exact) mass is 285 g/mol. The molecule has 0 saturated heterocycles. The lowest BCUT2D eigenvalue weighted by Gasteiger charge is -2.27. The van der Waals surface area contributed by atoms with Crippen molar-refractivity contribution in [2.24, 2.45) is 0 Å². The highest BCUT2D eigenvalue weighted by atomic mass is 16.1. The van der Waals surface area contributed by atoms with Crippen LogP contribution in [0.5, 0.6) is 0 Å². The topological polar surface area (TPSA) is 46.9 Å². The molecule has 1 N–H and O–H groups in total. The largest absolute Gasteiger partial charge is 0.347 e. The van der Waals surface area contributed by atoms with E-state index in [2.05, 4.69) is 41.5 Å². The Bertz CT molecular complexity index is 611. The standard InChI is InChI=1S/C17H23N3O/c1-13-5-7-15(8-6-13)17(3,4)19-16(21)9-11-20-12-10-18-14(20)2/h5-8,10,12H,9,11H2,1-4H3,(H,19,21). The molecule has 1 aromatic carbocycles. The van der Waals surface area contributed by atoms with Crippen LogP contribution in [0.3, 0.4) is 0 Å². The number of carbonyl (C=O) groups excluding carboxylic acids is 1. The van der Waals surface area contributed by atoms with E-state index in [9.17, 15) is 4.79 Å². The van der Waals surface area contributed by atoms with Gasteiger partial charge in [-0.05, 0) is 33.3 Å². The molecule has 1 amide bonds. The Morgan fingerprint density at radius 3 is 2.48 bits per heavy atom. The van der Waals surface area contributed by atoms with Crippen molar-refractivity contribution < 1.29 is 4.79 Å². The first kappa shape index (κ1) is 15.3. The van der Waals surface area contributed by atoms with E-state index in [4.69, 9.17) is 0 Å². The second-order valence-electron chi connectivity index (χ2n) is 5.96. The van der Waals surface area contributed by atoms with Crippen LogP contribution in [0.15, 0.2) is 36.7 Å². The number of nitrogens with one attached hydrogen (secondary N) is 1. The molecule has 21 heavy (non-hydrogen) atoms. The van der Waals surface area contributed by atoms with E-state index in [1.165, 1.54) is 5.56 Å². The minimum atomic E-state index is -0.366. The number of benzene rings is 1. The van der Waals surface area contributed by atoms with Gasteiger partial charge >= 0.3 is 0 Å². The number of hydrogen-bond acceptors (Lipinski definition) is 2. The zero-order valence-corrected chi connectivity index (χ0v) is 13.2. The second kappa shape index (κ2) is 6.12. The van der Waals surface area contributed by atoms with Crippen LogP contribution in [0.1, 0.15) is 37.2 Å². The molecule has 0 atom stereocenters. The first-order valence-corrected chi connectivity index (χ1v) is 7.24. The number of imidazole rings is 1. The molecule has 4 nitrogen and oxygen atoms in total. The molecule has 0 saturated carbocycles. The highest BCUT2D eigenvalue weighted by molar-refractivity contribution is 5.76. The number of rotatable bonds is 5. The van der Waals surface area contributed by atoms with Crippen molar-refractivity contribution in [3.05, 3.63) is 53.6 Å². The zero-order chi connectivity index (χ0) is 15.5. The van der Waals surface area contributed by atoms with Crippen LogP contribution in [0.25, 0.3) is 0 Å². The molecule has 0 aliphatic rings. The Morgan fingerprint density at radius 1 is 1.24 bits per heavy atom. The summed E-state index contributed by atoms with van der Waals surface area (Å²) in [5.74, 6) is 0.981. The SMILES string of the molecule is Cc1ccc(C(C)(C)NC(=O)CCn2ccnc2C)cc1. The van der Waals surface area contributed by atoms with Gasteiger partial charge < -0.3 is 9.88 Å². The summed E-state index contributed by atoms with van der Waals surface area (Å²) < 4.78 is 1.98. The van der Waals surface area contributed by atoms with E-state index in [0.29, 0.717) is 13.0 Å². The number of amides is 1. The summed E-state index contributed by atoms with van der Waals surface area (Å²) in [4.78, 5) is 16.3. The molecule has 1 aromatic heterocycles. The van der Waals surface area contributed by atoms with Gasteiger partial charge in [-0.25, -0.2) is 4.98 Å². The van der Waals surface area contributed by atoms with Gasteiger partial charge in [0, 0.05) is 25.4 Å². The van der Waals surface area contributed by atoms with Gasteiger partial charge in [-0.1, -0.05) is 29.8 Å². The molecule has 0 aliphatic heterocycles. The Hall–Kier alpha value is -2.10. The average molecular weight is 285 g/mol. The van der Waals surface area contributed by atoms with E-state index in [0.717, 1.165) is 11.4 Å². The summed E-state index contributed by atoms with van der Waals surface area (Å²) in [6.07, 6.45) is 4.10. The molecular weight excluding hydrogens is 262 g/mol. The van der Waals surface area contributed by atoms with Crippen LogP contribution in [0.2, 0.25) is 0 Å². The number of aryl methyl sites for hydroxylation is 3. The van der Waals surface area contributed by atoms with Crippen molar-refractivity contribution in [3.63, 3.8) is 0 Å². The smallest absolute Gasteiger partial charge is 0.222 e. The molecule has 0 unspecified atom stereocenters. The lowest BCUT2D eigenvalue weighted by Crippen LogP contribution is -2.41. The molecule has 2 rings (SSSR count). The van der Waals surface area contributed by atoms with E-state index in [1.54, 1.807) is 6.20 Å².